The zero-order valence-electron chi connectivity index (χ0n) is 25.7. The van der Waals surface area contributed by atoms with Gasteiger partial charge in [-0.3, -0.25) is 4.40 Å². The number of hydrogen-bond donors (Lipinski definition) is 0. The van der Waals surface area contributed by atoms with Crippen LogP contribution in [-0.2, 0) is 0 Å². The van der Waals surface area contributed by atoms with Crippen LogP contribution in [0.3, 0.4) is 0 Å². The van der Waals surface area contributed by atoms with Gasteiger partial charge < -0.3 is 0 Å². The van der Waals surface area contributed by atoms with Gasteiger partial charge in [0.05, 0.1) is 15.7 Å². The van der Waals surface area contributed by atoms with E-state index in [1.165, 1.54) is 42.3 Å². The highest BCUT2D eigenvalue weighted by Gasteiger charge is 2.19. The molecule has 0 N–H and O–H groups in total. The molecule has 0 atom stereocenters. The first kappa shape index (κ1) is 27.0. The monoisotopic (exact) mass is 630 g/mol. The zero-order chi connectivity index (χ0) is 31.6. The van der Waals surface area contributed by atoms with Crippen LogP contribution in [-0.4, -0.2) is 19.4 Å². The molecule has 0 saturated heterocycles. The average molecular weight is 631 g/mol. The summed E-state index contributed by atoms with van der Waals surface area (Å²) < 4.78 is 3.67. The first-order valence-corrected chi connectivity index (χ1v) is 16.8. The molecule has 3 heterocycles. The van der Waals surface area contributed by atoms with E-state index in [0.717, 1.165) is 33.0 Å². The van der Waals surface area contributed by atoms with E-state index < -0.39 is 0 Å². The Morgan fingerprint density at radius 3 is 1.58 bits per heavy atom. The van der Waals surface area contributed by atoms with Crippen LogP contribution in [0.25, 0.3) is 92.8 Å². The predicted octanol–water partition coefficient (Wildman–Crippen LogP) is 11.5. The lowest BCUT2D eigenvalue weighted by Gasteiger charge is -2.11. The minimum atomic E-state index is 0.647. The second kappa shape index (κ2) is 10.7. The van der Waals surface area contributed by atoms with Crippen LogP contribution in [0.5, 0.6) is 0 Å². The van der Waals surface area contributed by atoms with Crippen molar-refractivity contribution in [2.24, 2.45) is 0 Å². The standard InChI is InChI=1S/C43H26N4S/c1-3-12-29-24-33(22-20-27(29)10-1)41-44-40(45-42(46-41)34-23-21-28-11-2-4-13-30(28)25-34)32-15-9-14-31(26-32)39-35-16-5-6-17-36(35)47-37-18-7-8-19-38(37)48-43(39)47/h1-26H. The first-order chi connectivity index (χ1) is 23.8. The molecule has 224 valence electrons. The van der Waals surface area contributed by atoms with Gasteiger partial charge in [0, 0.05) is 27.6 Å². The molecule has 0 amide bonds. The molecule has 10 aromatic rings. The van der Waals surface area contributed by atoms with Crippen LogP contribution >= 0.6 is 11.3 Å². The molecular formula is C43H26N4S. The second-order valence-electron chi connectivity index (χ2n) is 12.1. The van der Waals surface area contributed by atoms with Gasteiger partial charge in [-0.15, -0.1) is 11.3 Å². The van der Waals surface area contributed by atoms with Gasteiger partial charge in [0.15, 0.2) is 17.5 Å². The van der Waals surface area contributed by atoms with Gasteiger partial charge in [0.25, 0.3) is 0 Å². The first-order valence-electron chi connectivity index (χ1n) is 16.0. The highest BCUT2D eigenvalue weighted by atomic mass is 32.1. The van der Waals surface area contributed by atoms with E-state index in [4.69, 9.17) is 15.0 Å². The van der Waals surface area contributed by atoms with Crippen LogP contribution in [0.15, 0.2) is 158 Å². The highest BCUT2D eigenvalue weighted by molar-refractivity contribution is 7.24. The Morgan fingerprint density at radius 2 is 0.917 bits per heavy atom. The van der Waals surface area contributed by atoms with Crippen molar-refractivity contribution in [3.8, 4) is 45.3 Å². The summed E-state index contributed by atoms with van der Waals surface area (Å²) in [5, 5.41) is 5.91. The van der Waals surface area contributed by atoms with Crippen molar-refractivity contribution in [1.82, 2.24) is 19.4 Å². The SMILES string of the molecule is c1cc(-c2nc(-c3ccc4ccccc4c3)nc(-c3ccc4ccccc4c3)n2)cc(-c2c3ccccc3n3c2sc2ccccc23)c1. The molecule has 0 aliphatic heterocycles. The fourth-order valence-corrected chi connectivity index (χ4v) is 8.13. The summed E-state index contributed by atoms with van der Waals surface area (Å²) in [7, 11) is 0. The van der Waals surface area contributed by atoms with E-state index in [9.17, 15) is 0 Å². The van der Waals surface area contributed by atoms with Gasteiger partial charge in [-0.1, -0.05) is 121 Å². The van der Waals surface area contributed by atoms with Crippen LogP contribution in [0, 0.1) is 0 Å². The van der Waals surface area contributed by atoms with Gasteiger partial charge >= 0.3 is 0 Å². The average Bonchev–Trinajstić information content (AvgIpc) is 3.69. The van der Waals surface area contributed by atoms with Gasteiger partial charge in [-0.05, 0) is 63.5 Å². The molecule has 0 aliphatic rings. The topological polar surface area (TPSA) is 43.1 Å². The maximum Gasteiger partial charge on any atom is 0.164 e. The molecule has 0 aliphatic carbocycles. The van der Waals surface area contributed by atoms with Crippen LogP contribution in [0.2, 0.25) is 0 Å². The Balaban J connectivity index is 1.19. The third-order valence-corrected chi connectivity index (χ3v) is 10.3. The number of nitrogens with zero attached hydrogens (tertiary/aromatic N) is 4. The number of hydrogen-bond acceptors (Lipinski definition) is 4. The molecular weight excluding hydrogens is 605 g/mol. The molecule has 7 aromatic carbocycles. The van der Waals surface area contributed by atoms with E-state index in [-0.39, 0.29) is 0 Å². The molecule has 0 bridgehead atoms. The largest absolute Gasteiger partial charge is 0.299 e. The van der Waals surface area contributed by atoms with Gasteiger partial charge in [-0.25, -0.2) is 15.0 Å². The van der Waals surface area contributed by atoms with Crippen molar-refractivity contribution >= 4 is 58.8 Å². The van der Waals surface area contributed by atoms with E-state index in [0.29, 0.717) is 17.5 Å². The summed E-state index contributed by atoms with van der Waals surface area (Å²) in [4.78, 5) is 16.6. The van der Waals surface area contributed by atoms with E-state index >= 15 is 0 Å². The van der Waals surface area contributed by atoms with Crippen molar-refractivity contribution in [2.45, 2.75) is 0 Å². The highest BCUT2D eigenvalue weighted by Crippen LogP contribution is 2.42. The minimum Gasteiger partial charge on any atom is -0.299 e. The van der Waals surface area contributed by atoms with Gasteiger partial charge in [0.2, 0.25) is 0 Å². The molecule has 3 aromatic heterocycles. The molecule has 5 heteroatoms. The van der Waals surface area contributed by atoms with Crippen molar-refractivity contribution < 1.29 is 0 Å². The summed E-state index contributed by atoms with van der Waals surface area (Å²) in [6.07, 6.45) is 0. The lowest BCUT2D eigenvalue weighted by atomic mass is 10.0. The van der Waals surface area contributed by atoms with Crippen molar-refractivity contribution in [1.29, 1.82) is 0 Å². The Kier molecular flexibility index (Phi) is 6.01. The molecule has 10 rings (SSSR count). The molecule has 0 spiro atoms. The Bertz CT molecular complexity index is 2770. The van der Waals surface area contributed by atoms with E-state index in [1.807, 2.05) is 11.3 Å². The van der Waals surface area contributed by atoms with Crippen LogP contribution < -0.4 is 0 Å². The third kappa shape index (κ3) is 4.33. The number of thiazole rings is 1. The number of para-hydroxylation sites is 2. The summed E-state index contributed by atoms with van der Waals surface area (Å²) >= 11 is 1.83. The normalized spacial score (nSPS) is 11.8. The van der Waals surface area contributed by atoms with Crippen molar-refractivity contribution in [2.75, 3.05) is 0 Å². The molecule has 0 radical (unpaired) electrons. The second-order valence-corrected chi connectivity index (χ2v) is 13.1. The Labute approximate surface area is 280 Å². The molecule has 4 nitrogen and oxygen atoms in total. The summed E-state index contributed by atoms with van der Waals surface area (Å²) in [6.45, 7) is 0. The van der Waals surface area contributed by atoms with Crippen molar-refractivity contribution in [3.63, 3.8) is 0 Å². The van der Waals surface area contributed by atoms with E-state index in [1.54, 1.807) is 0 Å². The molecule has 48 heavy (non-hydrogen) atoms. The number of benzene rings is 7. The number of rotatable bonds is 4. The number of aromatic nitrogens is 4. The van der Waals surface area contributed by atoms with Crippen molar-refractivity contribution in [3.05, 3.63) is 158 Å². The minimum absolute atomic E-state index is 0.647. The Hall–Kier alpha value is -6.17. The Morgan fingerprint density at radius 1 is 0.396 bits per heavy atom. The maximum atomic E-state index is 5.13. The van der Waals surface area contributed by atoms with Gasteiger partial charge in [-0.2, -0.15) is 0 Å². The molecule has 0 unspecified atom stereocenters. The summed E-state index contributed by atoms with van der Waals surface area (Å²) in [5.74, 6) is 1.95. The number of fused-ring (bicyclic) bond motifs is 7. The predicted molar refractivity (Wildman–Crippen MR) is 200 cm³/mol. The lowest BCUT2D eigenvalue weighted by Crippen LogP contribution is -2.00. The fraction of sp³-hybridized carbons (Fsp3) is 0. The van der Waals surface area contributed by atoms with E-state index in [2.05, 4.69) is 162 Å². The van der Waals surface area contributed by atoms with Crippen LogP contribution in [0.4, 0.5) is 0 Å². The smallest absolute Gasteiger partial charge is 0.164 e. The molecule has 0 saturated carbocycles. The van der Waals surface area contributed by atoms with Gasteiger partial charge in [0.1, 0.15) is 4.83 Å². The zero-order valence-corrected chi connectivity index (χ0v) is 26.5. The quantitative estimate of drug-likeness (QED) is 0.194. The third-order valence-electron chi connectivity index (χ3n) is 9.20. The fourth-order valence-electron chi connectivity index (χ4n) is 6.90. The summed E-state index contributed by atoms with van der Waals surface area (Å²) in [5.41, 5.74) is 7.67. The summed E-state index contributed by atoms with van der Waals surface area (Å²) in [6, 6.07) is 55.6. The maximum absolute atomic E-state index is 5.13. The van der Waals surface area contributed by atoms with Crippen LogP contribution in [0.1, 0.15) is 0 Å². The molecule has 0 fully saturated rings. The lowest BCUT2D eigenvalue weighted by molar-refractivity contribution is 1.08.